The van der Waals surface area contributed by atoms with Gasteiger partial charge >= 0.3 is 0 Å². The van der Waals surface area contributed by atoms with Crippen LogP contribution in [0.15, 0.2) is 103 Å². The van der Waals surface area contributed by atoms with Crippen molar-refractivity contribution in [3.63, 3.8) is 0 Å². The Hall–Kier alpha value is -6.36. The molecule has 0 radical (unpaired) electrons. The Morgan fingerprint density at radius 3 is 1.57 bits per heavy atom. The average Bonchev–Trinajstić information content (AvgIpc) is 3.78. The second-order valence-corrected chi connectivity index (χ2v) is 14.4. The van der Waals surface area contributed by atoms with Gasteiger partial charge in [-0.2, -0.15) is 0 Å². The molecule has 0 fully saturated rings. The van der Waals surface area contributed by atoms with Gasteiger partial charge in [-0.15, -0.1) is 0 Å². The molecule has 6 aromatic rings. The van der Waals surface area contributed by atoms with E-state index in [1.807, 2.05) is 36.4 Å². The van der Waals surface area contributed by atoms with Crippen molar-refractivity contribution in [2.24, 2.45) is 11.5 Å². The lowest BCUT2D eigenvalue weighted by molar-refractivity contribution is -0.119. The lowest BCUT2D eigenvalue weighted by atomic mass is 10.1. The standard InChI is InChI=1S/C20H18ClFN4O3S.C19H18N4O2S/c1-10(19(24)28)26(12-5-8-14(21)15(22)9-12)20-25-18(23)17(30-20)16(27)11-3-6-13(29-2)7-4-11;1-12(18(21)25)23(14-10-6-3-7-11-14)19-22-17(20)16(26-19)15(24)13-8-4-2-5-9-13/h3-10H,23H2,1-2H3,(H2,24,28);2-12H,20H2,1H3,(H2,21,25)/t10-;/m0./s1. The summed E-state index contributed by atoms with van der Waals surface area (Å²) in [5.74, 6) is -1.64. The molecule has 13 nitrogen and oxygen atoms in total. The van der Waals surface area contributed by atoms with Crippen molar-refractivity contribution in [1.29, 1.82) is 0 Å². The summed E-state index contributed by atoms with van der Waals surface area (Å²) in [6, 6.07) is 27.1. The van der Waals surface area contributed by atoms with E-state index in [4.69, 9.17) is 39.3 Å². The highest BCUT2D eigenvalue weighted by atomic mass is 35.5. The van der Waals surface area contributed by atoms with Crippen molar-refractivity contribution in [3.05, 3.63) is 135 Å². The molecule has 288 valence electrons. The van der Waals surface area contributed by atoms with Crippen LogP contribution < -0.4 is 37.5 Å². The number of halogens is 2. The summed E-state index contributed by atoms with van der Waals surface area (Å²) >= 11 is 7.88. The summed E-state index contributed by atoms with van der Waals surface area (Å²) in [6.07, 6.45) is 0. The first-order chi connectivity index (χ1) is 26.7. The van der Waals surface area contributed by atoms with Crippen molar-refractivity contribution < 1.29 is 28.3 Å². The highest BCUT2D eigenvalue weighted by Crippen LogP contribution is 2.38. The van der Waals surface area contributed by atoms with E-state index in [2.05, 4.69) is 9.97 Å². The number of nitrogens with two attached hydrogens (primary N) is 4. The maximum Gasteiger partial charge on any atom is 0.240 e. The molecule has 0 saturated heterocycles. The number of ether oxygens (including phenoxy) is 1. The summed E-state index contributed by atoms with van der Waals surface area (Å²) in [5, 5.41) is 0.594. The maximum atomic E-state index is 14.0. The third-order valence-electron chi connectivity index (χ3n) is 8.31. The molecule has 56 heavy (non-hydrogen) atoms. The number of anilines is 6. The number of hydrogen-bond donors (Lipinski definition) is 4. The van der Waals surface area contributed by atoms with Gasteiger partial charge in [-0.25, -0.2) is 14.4 Å². The molecule has 1 unspecified atom stereocenters. The summed E-state index contributed by atoms with van der Waals surface area (Å²) in [4.78, 5) is 61.5. The molecule has 0 aliphatic heterocycles. The van der Waals surface area contributed by atoms with E-state index in [1.165, 1.54) is 31.1 Å². The molecule has 6 rings (SSSR count). The fourth-order valence-electron chi connectivity index (χ4n) is 5.24. The summed E-state index contributed by atoms with van der Waals surface area (Å²) in [7, 11) is 1.53. The second kappa shape index (κ2) is 17.9. The first-order valence-corrected chi connectivity index (χ1v) is 18.7. The van der Waals surface area contributed by atoms with E-state index < -0.39 is 29.7 Å². The zero-order valence-electron chi connectivity index (χ0n) is 30.2. The Bertz CT molecular complexity index is 2360. The summed E-state index contributed by atoms with van der Waals surface area (Å²) in [5.41, 5.74) is 24.9. The Morgan fingerprint density at radius 1 is 0.679 bits per heavy atom. The van der Waals surface area contributed by atoms with Crippen LogP contribution in [0.25, 0.3) is 0 Å². The molecule has 8 N–H and O–H groups in total. The number of rotatable bonds is 13. The smallest absolute Gasteiger partial charge is 0.240 e. The number of nitrogens with zero attached hydrogens (tertiary/aromatic N) is 4. The Labute approximate surface area is 334 Å². The van der Waals surface area contributed by atoms with Gasteiger partial charge in [-0.05, 0) is 68.4 Å². The number of carbonyl (C=O) groups is 4. The molecule has 0 saturated carbocycles. The Morgan fingerprint density at radius 2 is 1.12 bits per heavy atom. The van der Waals surface area contributed by atoms with E-state index in [9.17, 15) is 23.6 Å². The van der Waals surface area contributed by atoms with Crippen molar-refractivity contribution in [3.8, 4) is 5.75 Å². The lowest BCUT2D eigenvalue weighted by Gasteiger charge is -2.26. The number of aromatic nitrogens is 2. The number of thiazole rings is 2. The average molecular weight is 815 g/mol. The number of nitrogen functional groups attached to an aromatic ring is 2. The van der Waals surface area contributed by atoms with Crippen LogP contribution in [0.1, 0.15) is 44.3 Å². The first kappa shape index (κ1) is 40.8. The number of hydrogen-bond acceptors (Lipinski definition) is 13. The topological polar surface area (TPSA) is 214 Å². The quantitative estimate of drug-likeness (QED) is 0.0897. The van der Waals surface area contributed by atoms with Crippen LogP contribution in [0.4, 0.5) is 37.7 Å². The Balaban J connectivity index is 0.000000216. The largest absolute Gasteiger partial charge is 0.497 e. The van der Waals surface area contributed by atoms with Crippen LogP contribution in [0.3, 0.4) is 0 Å². The lowest BCUT2D eigenvalue weighted by Crippen LogP contribution is -2.40. The van der Waals surface area contributed by atoms with Gasteiger partial charge in [0.25, 0.3) is 0 Å². The van der Waals surface area contributed by atoms with E-state index in [0.29, 0.717) is 32.6 Å². The van der Waals surface area contributed by atoms with Gasteiger partial charge in [0.2, 0.25) is 23.4 Å². The van der Waals surface area contributed by atoms with E-state index >= 15 is 0 Å². The van der Waals surface area contributed by atoms with Gasteiger partial charge in [0.1, 0.15) is 45.0 Å². The van der Waals surface area contributed by atoms with Crippen LogP contribution in [-0.2, 0) is 9.59 Å². The molecule has 0 aliphatic carbocycles. The van der Waals surface area contributed by atoms with Crippen molar-refractivity contribution in [1.82, 2.24) is 9.97 Å². The number of primary amides is 2. The molecule has 2 atom stereocenters. The fraction of sp³-hybridized carbons (Fsp3) is 0.128. The highest BCUT2D eigenvalue weighted by molar-refractivity contribution is 7.18. The van der Waals surface area contributed by atoms with Gasteiger partial charge in [-0.3, -0.25) is 19.2 Å². The number of para-hydroxylation sites is 1. The van der Waals surface area contributed by atoms with Crippen molar-refractivity contribution >= 4 is 90.9 Å². The molecule has 2 aromatic heterocycles. The van der Waals surface area contributed by atoms with Crippen LogP contribution in [-0.4, -0.2) is 52.5 Å². The SMILES string of the molecule is CC(C(N)=O)N(c1ccccc1)c1nc(N)c(C(=O)c2ccccc2)s1.COc1ccc(C(=O)c2sc(N(c3ccc(Cl)c(F)c3)[C@@H](C)C(N)=O)nc2N)cc1. The first-order valence-electron chi connectivity index (χ1n) is 16.7. The summed E-state index contributed by atoms with van der Waals surface area (Å²) in [6.45, 7) is 3.23. The number of benzene rings is 4. The second-order valence-electron chi connectivity index (χ2n) is 12.0. The molecule has 4 aromatic carbocycles. The minimum absolute atomic E-state index is 0.00748. The number of ketones is 2. The van der Waals surface area contributed by atoms with Crippen LogP contribution in [0, 0.1) is 5.82 Å². The van der Waals surface area contributed by atoms with Crippen molar-refractivity contribution in [2.75, 3.05) is 28.4 Å². The van der Waals surface area contributed by atoms with Crippen LogP contribution >= 0.6 is 34.3 Å². The van der Waals surface area contributed by atoms with Crippen LogP contribution in [0.2, 0.25) is 5.02 Å². The van der Waals surface area contributed by atoms with Gasteiger partial charge < -0.3 is 37.5 Å². The monoisotopic (exact) mass is 814 g/mol. The zero-order chi connectivity index (χ0) is 40.7. The number of amides is 2. The molecule has 0 aliphatic rings. The number of carbonyl (C=O) groups excluding carboxylic acids is 4. The third-order valence-corrected chi connectivity index (χ3v) is 10.8. The Kier molecular flexibility index (Phi) is 13.0. The normalized spacial score (nSPS) is 11.7. The fourth-order valence-corrected chi connectivity index (χ4v) is 7.46. The molecule has 2 heterocycles. The van der Waals surface area contributed by atoms with E-state index in [1.54, 1.807) is 60.4 Å². The van der Waals surface area contributed by atoms with E-state index in [0.717, 1.165) is 34.4 Å². The van der Waals surface area contributed by atoms with Gasteiger partial charge in [0.05, 0.1) is 12.1 Å². The minimum atomic E-state index is -0.889. The number of methoxy groups -OCH3 is 1. The predicted octanol–water partition coefficient (Wildman–Crippen LogP) is 6.74. The zero-order valence-corrected chi connectivity index (χ0v) is 32.6. The molecular formula is C39H36ClFN8O5S2. The third kappa shape index (κ3) is 9.11. The molecule has 17 heteroatoms. The molecule has 0 spiro atoms. The van der Waals surface area contributed by atoms with Crippen molar-refractivity contribution in [2.45, 2.75) is 25.9 Å². The van der Waals surface area contributed by atoms with Gasteiger partial charge in [0, 0.05) is 22.5 Å². The van der Waals surface area contributed by atoms with Gasteiger partial charge in [-0.1, -0.05) is 82.8 Å². The summed E-state index contributed by atoms with van der Waals surface area (Å²) < 4.78 is 19.1. The van der Waals surface area contributed by atoms with Gasteiger partial charge in [0.15, 0.2) is 10.3 Å². The molecular weight excluding hydrogens is 779 g/mol. The molecule has 2 amide bonds. The van der Waals surface area contributed by atoms with E-state index in [-0.39, 0.29) is 38.2 Å². The molecule has 0 bridgehead atoms. The predicted molar refractivity (Wildman–Crippen MR) is 219 cm³/mol. The highest BCUT2D eigenvalue weighted by Gasteiger charge is 2.29. The minimum Gasteiger partial charge on any atom is -0.497 e. The van der Waals surface area contributed by atoms with Crippen LogP contribution in [0.5, 0.6) is 5.75 Å². The maximum absolute atomic E-state index is 14.0.